The SMILES string of the molecule is O=C[C@@]1(Cl)C[C@H]2C=C[C@@H]1CC2. The zero-order chi connectivity index (χ0) is 7.90. The first-order valence-electron chi connectivity index (χ1n) is 4.08. The van der Waals surface area contributed by atoms with Crippen LogP contribution in [-0.2, 0) is 4.79 Å². The highest BCUT2D eigenvalue weighted by molar-refractivity contribution is 6.32. The first-order chi connectivity index (χ1) is 5.24. The van der Waals surface area contributed by atoms with E-state index < -0.39 is 4.87 Å². The van der Waals surface area contributed by atoms with Gasteiger partial charge in [0.15, 0.2) is 0 Å². The van der Waals surface area contributed by atoms with Crippen molar-refractivity contribution in [2.75, 3.05) is 0 Å². The monoisotopic (exact) mass is 170 g/mol. The maximum absolute atomic E-state index is 10.7. The molecule has 60 valence electrons. The topological polar surface area (TPSA) is 17.1 Å². The van der Waals surface area contributed by atoms with E-state index in [0.29, 0.717) is 11.8 Å². The molecule has 0 aromatic carbocycles. The Balaban J connectivity index is 2.29. The van der Waals surface area contributed by atoms with Gasteiger partial charge in [-0.3, -0.25) is 0 Å². The van der Waals surface area contributed by atoms with Crippen molar-refractivity contribution in [1.29, 1.82) is 0 Å². The number of aldehydes is 1. The molecule has 11 heavy (non-hydrogen) atoms. The van der Waals surface area contributed by atoms with Crippen molar-refractivity contribution in [3.63, 3.8) is 0 Å². The van der Waals surface area contributed by atoms with E-state index >= 15 is 0 Å². The van der Waals surface area contributed by atoms with Gasteiger partial charge in [-0.25, -0.2) is 0 Å². The van der Waals surface area contributed by atoms with E-state index in [4.69, 9.17) is 11.6 Å². The van der Waals surface area contributed by atoms with Crippen molar-refractivity contribution in [1.82, 2.24) is 0 Å². The number of alkyl halides is 1. The zero-order valence-electron chi connectivity index (χ0n) is 6.29. The molecule has 0 heterocycles. The molecule has 0 N–H and O–H groups in total. The maximum Gasteiger partial charge on any atom is 0.141 e. The molecule has 0 unspecified atom stereocenters. The molecule has 3 atom stereocenters. The molecule has 3 rings (SSSR count). The molecule has 0 radical (unpaired) electrons. The third kappa shape index (κ3) is 1.02. The summed E-state index contributed by atoms with van der Waals surface area (Å²) in [6.07, 6.45) is 8.39. The minimum Gasteiger partial charge on any atom is -0.301 e. The molecule has 0 aromatic rings. The zero-order valence-corrected chi connectivity index (χ0v) is 7.05. The van der Waals surface area contributed by atoms with Crippen LogP contribution >= 0.6 is 11.6 Å². The second-order valence-electron chi connectivity index (χ2n) is 3.58. The Kier molecular flexibility index (Phi) is 1.57. The minimum absolute atomic E-state index is 0.298. The third-order valence-electron chi connectivity index (χ3n) is 2.85. The number of hydrogen-bond acceptors (Lipinski definition) is 1. The largest absolute Gasteiger partial charge is 0.301 e. The first kappa shape index (κ1) is 7.35. The third-order valence-corrected chi connectivity index (χ3v) is 3.38. The summed E-state index contributed by atoms with van der Waals surface area (Å²) in [6, 6.07) is 0. The molecular weight excluding hydrogens is 160 g/mol. The van der Waals surface area contributed by atoms with Crippen LogP contribution in [0.15, 0.2) is 12.2 Å². The molecule has 3 aliphatic carbocycles. The number of carbonyl (C=O) groups excluding carboxylic acids is 1. The van der Waals surface area contributed by atoms with Crippen molar-refractivity contribution in [2.45, 2.75) is 24.1 Å². The fraction of sp³-hybridized carbons (Fsp3) is 0.667. The molecule has 1 saturated carbocycles. The quantitative estimate of drug-likeness (QED) is 0.335. The van der Waals surface area contributed by atoms with Gasteiger partial charge in [0.1, 0.15) is 11.2 Å². The average Bonchev–Trinajstić information content (AvgIpc) is 2.06. The smallest absolute Gasteiger partial charge is 0.141 e. The van der Waals surface area contributed by atoms with Gasteiger partial charge in [0, 0.05) is 5.92 Å². The van der Waals surface area contributed by atoms with Gasteiger partial charge in [0.2, 0.25) is 0 Å². The summed E-state index contributed by atoms with van der Waals surface area (Å²) in [4.78, 5) is 10.1. The van der Waals surface area contributed by atoms with Gasteiger partial charge < -0.3 is 4.79 Å². The molecule has 0 aromatic heterocycles. The minimum atomic E-state index is -0.558. The highest BCUT2D eigenvalue weighted by Crippen LogP contribution is 2.45. The van der Waals surface area contributed by atoms with Crippen molar-refractivity contribution >= 4 is 17.9 Å². The normalized spacial score (nSPS) is 47.7. The summed E-state index contributed by atoms with van der Waals surface area (Å²) in [5, 5.41) is 0. The summed E-state index contributed by atoms with van der Waals surface area (Å²) in [5.41, 5.74) is 0. The lowest BCUT2D eigenvalue weighted by molar-refractivity contribution is -0.112. The van der Waals surface area contributed by atoms with Crippen LogP contribution in [0.2, 0.25) is 0 Å². The van der Waals surface area contributed by atoms with Crippen LogP contribution < -0.4 is 0 Å². The van der Waals surface area contributed by atoms with Crippen LogP contribution in [-0.4, -0.2) is 11.2 Å². The van der Waals surface area contributed by atoms with Crippen LogP contribution in [0.3, 0.4) is 0 Å². The highest BCUT2D eigenvalue weighted by atomic mass is 35.5. The Morgan fingerprint density at radius 1 is 1.45 bits per heavy atom. The van der Waals surface area contributed by atoms with Gasteiger partial charge >= 0.3 is 0 Å². The second kappa shape index (κ2) is 2.34. The maximum atomic E-state index is 10.7. The number of halogens is 1. The van der Waals surface area contributed by atoms with E-state index in [1.54, 1.807) is 0 Å². The van der Waals surface area contributed by atoms with E-state index in [1.807, 2.05) is 0 Å². The first-order valence-corrected chi connectivity index (χ1v) is 4.46. The predicted octanol–water partition coefficient (Wildman–Crippen LogP) is 2.15. The number of carbonyl (C=O) groups is 1. The number of fused-ring (bicyclic) bond motifs is 2. The second-order valence-corrected chi connectivity index (χ2v) is 4.28. The summed E-state index contributed by atoms with van der Waals surface area (Å²) >= 11 is 6.14. The van der Waals surface area contributed by atoms with Crippen LogP contribution in [0.5, 0.6) is 0 Å². The fourth-order valence-electron chi connectivity index (χ4n) is 2.14. The number of allylic oxidation sites excluding steroid dienone is 2. The van der Waals surface area contributed by atoms with Crippen LogP contribution in [0, 0.1) is 11.8 Å². The molecule has 1 nitrogen and oxygen atoms in total. The summed E-state index contributed by atoms with van der Waals surface area (Å²) in [5.74, 6) is 0.856. The van der Waals surface area contributed by atoms with E-state index in [9.17, 15) is 4.79 Å². The van der Waals surface area contributed by atoms with Crippen molar-refractivity contribution in [2.24, 2.45) is 11.8 Å². The predicted molar refractivity (Wildman–Crippen MR) is 44.6 cm³/mol. The van der Waals surface area contributed by atoms with Gasteiger partial charge in [-0.15, -0.1) is 11.6 Å². The van der Waals surface area contributed by atoms with Crippen LogP contribution in [0.1, 0.15) is 19.3 Å². The van der Waals surface area contributed by atoms with Gasteiger partial charge in [0.25, 0.3) is 0 Å². The molecular formula is C9H11ClO. The molecule has 0 aliphatic heterocycles. The van der Waals surface area contributed by atoms with E-state index in [0.717, 1.165) is 19.1 Å². The lowest BCUT2D eigenvalue weighted by Crippen LogP contribution is -2.41. The highest BCUT2D eigenvalue weighted by Gasteiger charge is 2.43. The number of rotatable bonds is 1. The van der Waals surface area contributed by atoms with Gasteiger partial charge in [-0.2, -0.15) is 0 Å². The fourth-order valence-corrected chi connectivity index (χ4v) is 2.52. The van der Waals surface area contributed by atoms with Crippen molar-refractivity contribution in [3.05, 3.63) is 12.2 Å². The lowest BCUT2D eigenvalue weighted by atomic mass is 9.69. The lowest BCUT2D eigenvalue weighted by Gasteiger charge is -2.40. The van der Waals surface area contributed by atoms with Crippen LogP contribution in [0.25, 0.3) is 0 Å². The Morgan fingerprint density at radius 2 is 2.27 bits per heavy atom. The summed E-state index contributed by atoms with van der Waals surface area (Å²) in [6.45, 7) is 0. The molecule has 0 amide bonds. The molecule has 3 aliphatic rings. The number of hydrogen-bond donors (Lipinski definition) is 0. The molecule has 0 saturated heterocycles. The molecule has 0 spiro atoms. The summed E-state index contributed by atoms with van der Waals surface area (Å²) in [7, 11) is 0. The van der Waals surface area contributed by atoms with Gasteiger partial charge in [-0.05, 0) is 25.2 Å². The Bertz CT molecular complexity index is 212. The average molecular weight is 171 g/mol. The van der Waals surface area contributed by atoms with Crippen molar-refractivity contribution in [3.8, 4) is 0 Å². The standard InChI is InChI=1S/C9H11ClO/c10-9(6-11)5-7-1-3-8(9)4-2-7/h1,3,6-8H,2,4-5H2/t7-,8+,9-/m0/s1. The molecule has 2 bridgehead atoms. The van der Waals surface area contributed by atoms with Gasteiger partial charge in [0.05, 0.1) is 0 Å². The van der Waals surface area contributed by atoms with Crippen molar-refractivity contribution < 1.29 is 4.79 Å². The Morgan fingerprint density at radius 3 is 2.55 bits per heavy atom. The van der Waals surface area contributed by atoms with Crippen LogP contribution in [0.4, 0.5) is 0 Å². The van der Waals surface area contributed by atoms with Gasteiger partial charge in [-0.1, -0.05) is 12.2 Å². The van der Waals surface area contributed by atoms with E-state index in [-0.39, 0.29) is 0 Å². The molecule has 1 fully saturated rings. The summed E-state index contributed by atoms with van der Waals surface area (Å²) < 4.78 is 0. The molecule has 2 heteroatoms. The van der Waals surface area contributed by atoms with E-state index in [2.05, 4.69) is 12.2 Å². The van der Waals surface area contributed by atoms with E-state index in [1.165, 1.54) is 6.42 Å². The Hall–Kier alpha value is -0.300. The Labute approximate surface area is 71.4 Å².